The van der Waals surface area contributed by atoms with E-state index in [1.54, 1.807) is 0 Å². The molecule has 1 atom stereocenters. The van der Waals surface area contributed by atoms with Crippen LogP contribution in [0.5, 0.6) is 0 Å². The second-order valence-electron chi connectivity index (χ2n) is 3.92. The summed E-state index contributed by atoms with van der Waals surface area (Å²) in [5.74, 6) is 0. The Morgan fingerprint density at radius 3 is 2.62 bits per heavy atom. The van der Waals surface area contributed by atoms with Crippen LogP contribution in [0.25, 0.3) is 0 Å². The fourth-order valence-electron chi connectivity index (χ4n) is 1.89. The van der Waals surface area contributed by atoms with Gasteiger partial charge in [0, 0.05) is 31.8 Å². The quantitative estimate of drug-likeness (QED) is 0.699. The Hall–Kier alpha value is -0.120. The number of nitrogens with one attached hydrogen (secondary N) is 1. The monoisotopic (exact) mass is 186 g/mol. The van der Waals surface area contributed by atoms with Gasteiger partial charge < -0.3 is 10.1 Å². The molecule has 1 fully saturated rings. The molecule has 0 amide bonds. The standard InChI is InChI=1S/C10H22N2O/c1-9(8-11-2)12(3)10-4-6-13-7-5-10/h9-11H,4-8H2,1-3H3. The molecule has 1 aliphatic heterocycles. The van der Waals surface area contributed by atoms with Crippen LogP contribution in [-0.4, -0.2) is 50.8 Å². The number of hydrogen-bond acceptors (Lipinski definition) is 3. The van der Waals surface area contributed by atoms with Crippen LogP contribution in [0.2, 0.25) is 0 Å². The van der Waals surface area contributed by atoms with Gasteiger partial charge in [0.2, 0.25) is 0 Å². The highest BCUT2D eigenvalue weighted by Crippen LogP contribution is 2.14. The van der Waals surface area contributed by atoms with Gasteiger partial charge in [0.15, 0.2) is 0 Å². The maximum absolute atomic E-state index is 5.35. The summed E-state index contributed by atoms with van der Waals surface area (Å²) in [6.07, 6.45) is 2.37. The molecule has 0 saturated carbocycles. The van der Waals surface area contributed by atoms with Crippen molar-refractivity contribution in [1.82, 2.24) is 10.2 Å². The molecule has 78 valence electrons. The third kappa shape index (κ3) is 3.25. The number of rotatable bonds is 4. The lowest BCUT2D eigenvalue weighted by Crippen LogP contribution is -2.45. The van der Waals surface area contributed by atoms with Crippen LogP contribution in [0, 0.1) is 0 Å². The number of likely N-dealkylation sites (N-methyl/N-ethyl adjacent to an activating group) is 2. The maximum Gasteiger partial charge on any atom is 0.0480 e. The zero-order valence-electron chi connectivity index (χ0n) is 9.05. The first-order valence-corrected chi connectivity index (χ1v) is 5.20. The molecular weight excluding hydrogens is 164 g/mol. The van der Waals surface area contributed by atoms with E-state index in [4.69, 9.17) is 4.74 Å². The lowest BCUT2D eigenvalue weighted by molar-refractivity contribution is 0.0314. The smallest absolute Gasteiger partial charge is 0.0480 e. The summed E-state index contributed by atoms with van der Waals surface area (Å²) < 4.78 is 5.35. The third-order valence-corrected chi connectivity index (χ3v) is 2.96. The zero-order valence-corrected chi connectivity index (χ0v) is 9.05. The summed E-state index contributed by atoms with van der Waals surface area (Å²) in [4.78, 5) is 2.47. The number of ether oxygens (including phenoxy) is 1. The van der Waals surface area contributed by atoms with Crippen molar-refractivity contribution >= 4 is 0 Å². The van der Waals surface area contributed by atoms with Crippen molar-refractivity contribution in [2.45, 2.75) is 31.8 Å². The number of nitrogens with zero attached hydrogens (tertiary/aromatic N) is 1. The molecule has 0 aromatic heterocycles. The summed E-state index contributed by atoms with van der Waals surface area (Å²) in [6, 6.07) is 1.34. The maximum atomic E-state index is 5.35. The van der Waals surface area contributed by atoms with Gasteiger partial charge in [-0.15, -0.1) is 0 Å². The van der Waals surface area contributed by atoms with Crippen molar-refractivity contribution in [3.63, 3.8) is 0 Å². The van der Waals surface area contributed by atoms with E-state index in [0.29, 0.717) is 6.04 Å². The van der Waals surface area contributed by atoms with E-state index in [0.717, 1.165) is 25.8 Å². The van der Waals surface area contributed by atoms with E-state index in [1.807, 2.05) is 7.05 Å². The summed E-state index contributed by atoms with van der Waals surface area (Å²) in [7, 11) is 4.23. The van der Waals surface area contributed by atoms with Gasteiger partial charge in [-0.05, 0) is 33.9 Å². The van der Waals surface area contributed by atoms with E-state index in [-0.39, 0.29) is 0 Å². The Morgan fingerprint density at radius 2 is 2.08 bits per heavy atom. The van der Waals surface area contributed by atoms with Crippen LogP contribution in [0.1, 0.15) is 19.8 Å². The van der Waals surface area contributed by atoms with Crippen molar-refractivity contribution in [3.05, 3.63) is 0 Å². The van der Waals surface area contributed by atoms with Crippen LogP contribution < -0.4 is 5.32 Å². The minimum absolute atomic E-state index is 0.619. The molecule has 1 N–H and O–H groups in total. The van der Waals surface area contributed by atoms with Gasteiger partial charge in [-0.3, -0.25) is 4.90 Å². The molecule has 3 nitrogen and oxygen atoms in total. The summed E-state index contributed by atoms with van der Waals surface area (Å²) >= 11 is 0. The molecule has 1 heterocycles. The van der Waals surface area contributed by atoms with E-state index in [9.17, 15) is 0 Å². The first-order chi connectivity index (χ1) is 6.25. The van der Waals surface area contributed by atoms with Crippen LogP contribution in [-0.2, 0) is 4.74 Å². The molecular formula is C10H22N2O. The Labute approximate surface area is 81.4 Å². The van der Waals surface area contributed by atoms with Crippen molar-refractivity contribution in [3.8, 4) is 0 Å². The molecule has 0 bridgehead atoms. The first-order valence-electron chi connectivity index (χ1n) is 5.20. The van der Waals surface area contributed by atoms with Gasteiger partial charge in [-0.25, -0.2) is 0 Å². The highest BCUT2D eigenvalue weighted by Gasteiger charge is 2.21. The van der Waals surface area contributed by atoms with Crippen LogP contribution >= 0.6 is 0 Å². The van der Waals surface area contributed by atoms with Crippen LogP contribution in [0.15, 0.2) is 0 Å². The van der Waals surface area contributed by atoms with Gasteiger partial charge >= 0.3 is 0 Å². The Morgan fingerprint density at radius 1 is 1.46 bits per heavy atom. The lowest BCUT2D eigenvalue weighted by Gasteiger charge is -2.35. The molecule has 3 heteroatoms. The molecule has 0 radical (unpaired) electrons. The largest absolute Gasteiger partial charge is 0.381 e. The molecule has 0 aliphatic carbocycles. The summed E-state index contributed by atoms with van der Waals surface area (Å²) in [6.45, 7) is 5.20. The second kappa shape index (κ2) is 5.58. The van der Waals surface area contributed by atoms with Crippen molar-refractivity contribution < 1.29 is 4.74 Å². The molecule has 1 unspecified atom stereocenters. The summed E-state index contributed by atoms with van der Waals surface area (Å²) in [5.41, 5.74) is 0. The summed E-state index contributed by atoms with van der Waals surface area (Å²) in [5, 5.41) is 3.21. The van der Waals surface area contributed by atoms with Crippen molar-refractivity contribution in [2.24, 2.45) is 0 Å². The average molecular weight is 186 g/mol. The first kappa shape index (κ1) is 11.0. The predicted molar refractivity (Wildman–Crippen MR) is 55.0 cm³/mol. The molecule has 1 saturated heterocycles. The third-order valence-electron chi connectivity index (χ3n) is 2.96. The topological polar surface area (TPSA) is 24.5 Å². The highest BCUT2D eigenvalue weighted by molar-refractivity contribution is 4.76. The van der Waals surface area contributed by atoms with E-state index < -0.39 is 0 Å². The Bertz CT molecular complexity index is 135. The lowest BCUT2D eigenvalue weighted by atomic mass is 10.1. The van der Waals surface area contributed by atoms with Crippen LogP contribution in [0.3, 0.4) is 0 Å². The van der Waals surface area contributed by atoms with Gasteiger partial charge in [0.1, 0.15) is 0 Å². The Kier molecular flexibility index (Phi) is 4.70. The number of hydrogen-bond donors (Lipinski definition) is 1. The molecule has 1 rings (SSSR count). The van der Waals surface area contributed by atoms with Gasteiger partial charge in [-0.1, -0.05) is 0 Å². The molecule has 0 aromatic rings. The normalized spacial score (nSPS) is 22.2. The molecule has 1 aliphatic rings. The van der Waals surface area contributed by atoms with Gasteiger partial charge in [0.25, 0.3) is 0 Å². The van der Waals surface area contributed by atoms with E-state index in [1.165, 1.54) is 12.8 Å². The fourth-order valence-corrected chi connectivity index (χ4v) is 1.89. The highest BCUT2D eigenvalue weighted by atomic mass is 16.5. The van der Waals surface area contributed by atoms with Crippen molar-refractivity contribution in [1.29, 1.82) is 0 Å². The van der Waals surface area contributed by atoms with E-state index in [2.05, 4.69) is 24.2 Å². The van der Waals surface area contributed by atoms with Gasteiger partial charge in [-0.2, -0.15) is 0 Å². The fraction of sp³-hybridized carbons (Fsp3) is 1.00. The SMILES string of the molecule is CNCC(C)N(C)C1CCOCC1. The predicted octanol–water partition coefficient (Wildman–Crippen LogP) is 0.705. The van der Waals surface area contributed by atoms with E-state index >= 15 is 0 Å². The Balaban J connectivity index is 2.31. The second-order valence-corrected chi connectivity index (χ2v) is 3.92. The minimum atomic E-state index is 0.619. The van der Waals surface area contributed by atoms with Crippen LogP contribution in [0.4, 0.5) is 0 Å². The minimum Gasteiger partial charge on any atom is -0.381 e. The molecule has 0 aromatic carbocycles. The average Bonchev–Trinajstić information content (AvgIpc) is 2.18. The van der Waals surface area contributed by atoms with Crippen molar-refractivity contribution in [2.75, 3.05) is 33.9 Å². The molecule has 13 heavy (non-hydrogen) atoms. The van der Waals surface area contributed by atoms with Gasteiger partial charge in [0.05, 0.1) is 0 Å². The zero-order chi connectivity index (χ0) is 9.68. The molecule has 0 spiro atoms.